The molecule has 0 fully saturated rings. The van der Waals surface area contributed by atoms with Crippen molar-refractivity contribution in [2.45, 2.75) is 0 Å². The Morgan fingerprint density at radius 2 is 1.44 bits per heavy atom. The molecule has 4 aromatic heterocycles. The van der Waals surface area contributed by atoms with Crippen LogP contribution in [0.25, 0.3) is 42.5 Å². The summed E-state index contributed by atoms with van der Waals surface area (Å²) in [5.41, 5.74) is 4.72. The molecule has 0 aliphatic rings. The number of benzene rings is 2. The second-order valence-corrected chi connectivity index (χ2v) is 9.59. The molecule has 6 aromatic rings. The lowest BCUT2D eigenvalue weighted by atomic mass is 10.1. The number of thiophene rings is 2. The Morgan fingerprint density at radius 3 is 2.28 bits per heavy atom. The Labute approximate surface area is 196 Å². The summed E-state index contributed by atoms with van der Waals surface area (Å²) in [5, 5.41) is 2.05. The van der Waals surface area contributed by atoms with Crippen LogP contribution < -0.4 is 4.74 Å². The molecule has 7 heteroatoms. The fourth-order valence-corrected chi connectivity index (χ4v) is 5.88. The van der Waals surface area contributed by atoms with Crippen LogP contribution in [0.3, 0.4) is 0 Å². The minimum absolute atomic E-state index is 0.820. The van der Waals surface area contributed by atoms with E-state index in [9.17, 15) is 0 Å². The van der Waals surface area contributed by atoms with Crippen LogP contribution in [0.15, 0.2) is 90.4 Å². The second kappa shape index (κ2) is 8.27. The van der Waals surface area contributed by atoms with Crippen molar-refractivity contribution in [1.82, 2.24) is 13.7 Å². The molecular weight excluding hydrogens is 454 g/mol. The summed E-state index contributed by atoms with van der Waals surface area (Å²) >= 11 is 4.60. The van der Waals surface area contributed by atoms with Crippen molar-refractivity contribution in [3.63, 3.8) is 0 Å². The van der Waals surface area contributed by atoms with E-state index in [1.165, 1.54) is 11.7 Å². The van der Waals surface area contributed by atoms with Crippen LogP contribution >= 0.6 is 34.4 Å². The number of hydrogen-bond acceptors (Lipinski definition) is 7. The highest BCUT2D eigenvalue weighted by atomic mass is 32.1. The van der Waals surface area contributed by atoms with Gasteiger partial charge in [-0.05, 0) is 47.8 Å². The molecule has 0 N–H and O–H groups in total. The predicted molar refractivity (Wildman–Crippen MR) is 134 cm³/mol. The van der Waals surface area contributed by atoms with E-state index in [0.717, 1.165) is 54.0 Å². The number of pyridine rings is 1. The number of hydrogen-bond donors (Lipinski definition) is 0. The lowest BCUT2D eigenvalue weighted by molar-refractivity contribution is 0.484. The largest absolute Gasteiger partial charge is 0.457 e. The molecular formula is C25H15N3OS3. The second-order valence-electron chi connectivity index (χ2n) is 7.03. The molecule has 0 atom stereocenters. The molecule has 0 amide bonds. The summed E-state index contributed by atoms with van der Waals surface area (Å²) < 4.78 is 15.3. The van der Waals surface area contributed by atoms with Gasteiger partial charge < -0.3 is 4.74 Å². The van der Waals surface area contributed by atoms with Crippen molar-refractivity contribution >= 4 is 45.4 Å². The maximum Gasteiger partial charge on any atom is 0.136 e. The fraction of sp³-hybridized carbons (Fsp3) is 0. The van der Waals surface area contributed by atoms with E-state index >= 15 is 0 Å². The van der Waals surface area contributed by atoms with Gasteiger partial charge in [0.1, 0.15) is 28.2 Å². The number of fused-ring (bicyclic) bond motifs is 1. The number of para-hydroxylation sites is 2. The van der Waals surface area contributed by atoms with Gasteiger partial charge in [0.2, 0.25) is 0 Å². The van der Waals surface area contributed by atoms with Gasteiger partial charge in [-0.2, -0.15) is 8.75 Å². The molecule has 0 aliphatic carbocycles. The van der Waals surface area contributed by atoms with E-state index in [1.807, 2.05) is 60.8 Å². The Morgan fingerprint density at radius 1 is 0.656 bits per heavy atom. The summed E-state index contributed by atoms with van der Waals surface area (Å²) in [5.74, 6) is 1.65. The van der Waals surface area contributed by atoms with Gasteiger partial charge in [-0.15, -0.1) is 22.7 Å². The molecule has 0 saturated carbocycles. The molecule has 4 heterocycles. The van der Waals surface area contributed by atoms with Crippen LogP contribution in [0.1, 0.15) is 0 Å². The molecule has 0 aliphatic heterocycles. The predicted octanol–water partition coefficient (Wildman–Crippen LogP) is 8.00. The molecule has 154 valence electrons. The van der Waals surface area contributed by atoms with E-state index in [2.05, 4.69) is 38.4 Å². The SMILES string of the molecule is c1ccc(Oc2ccccc2-c2ccc(-c3cnc(-c4cccs4)c4nsnc34)s2)cc1. The summed E-state index contributed by atoms with van der Waals surface area (Å²) in [4.78, 5) is 8.09. The molecule has 0 bridgehead atoms. The van der Waals surface area contributed by atoms with E-state index < -0.39 is 0 Å². The third-order valence-corrected chi connectivity index (χ3v) is 7.60. The Kier molecular flexibility index (Phi) is 4.99. The summed E-state index contributed by atoms with van der Waals surface area (Å²) in [6.07, 6.45) is 1.92. The first kappa shape index (κ1) is 19.3. The highest BCUT2D eigenvalue weighted by Crippen LogP contribution is 2.42. The minimum Gasteiger partial charge on any atom is -0.457 e. The molecule has 32 heavy (non-hydrogen) atoms. The molecule has 0 radical (unpaired) electrons. The van der Waals surface area contributed by atoms with E-state index in [1.54, 1.807) is 22.7 Å². The van der Waals surface area contributed by atoms with Crippen molar-refractivity contribution in [3.8, 4) is 43.0 Å². The van der Waals surface area contributed by atoms with Crippen LogP contribution in [-0.4, -0.2) is 13.7 Å². The Hall–Kier alpha value is -3.39. The van der Waals surface area contributed by atoms with Crippen molar-refractivity contribution in [2.75, 3.05) is 0 Å². The van der Waals surface area contributed by atoms with Crippen molar-refractivity contribution < 1.29 is 4.74 Å². The smallest absolute Gasteiger partial charge is 0.136 e. The van der Waals surface area contributed by atoms with Crippen LogP contribution in [0.4, 0.5) is 0 Å². The zero-order valence-electron chi connectivity index (χ0n) is 16.6. The van der Waals surface area contributed by atoms with E-state index in [-0.39, 0.29) is 0 Å². The topological polar surface area (TPSA) is 47.9 Å². The highest BCUT2D eigenvalue weighted by molar-refractivity contribution is 7.19. The normalized spacial score (nSPS) is 11.1. The quantitative estimate of drug-likeness (QED) is 0.257. The lowest BCUT2D eigenvalue weighted by Crippen LogP contribution is -1.87. The van der Waals surface area contributed by atoms with Crippen molar-refractivity contribution in [1.29, 1.82) is 0 Å². The van der Waals surface area contributed by atoms with Crippen molar-refractivity contribution in [3.05, 3.63) is 90.4 Å². The van der Waals surface area contributed by atoms with Gasteiger partial charge >= 0.3 is 0 Å². The standard InChI is InChI=1S/C25H15N3OS3/c1-2-7-16(8-3-1)29-19-10-5-4-9-17(19)20-12-13-21(31-20)18-15-26-24(22-11-6-14-30-22)25-23(18)27-32-28-25/h1-15H. The third-order valence-electron chi connectivity index (χ3n) is 5.04. The zero-order valence-corrected chi connectivity index (χ0v) is 19.1. The van der Waals surface area contributed by atoms with E-state index in [0.29, 0.717) is 0 Å². The molecule has 4 nitrogen and oxygen atoms in total. The third kappa shape index (κ3) is 3.50. The molecule has 0 unspecified atom stereocenters. The molecule has 0 saturated heterocycles. The average Bonchev–Trinajstić information content (AvgIpc) is 3.61. The Bertz CT molecular complexity index is 1500. The molecule has 0 spiro atoms. The first-order chi connectivity index (χ1) is 15.9. The number of nitrogens with zero attached hydrogens (tertiary/aromatic N) is 3. The number of rotatable bonds is 5. The van der Waals surface area contributed by atoms with Gasteiger partial charge in [0.05, 0.1) is 16.6 Å². The molecule has 6 rings (SSSR count). The van der Waals surface area contributed by atoms with Gasteiger partial charge in [-0.25, -0.2) is 0 Å². The van der Waals surface area contributed by atoms with E-state index in [4.69, 9.17) is 9.72 Å². The summed E-state index contributed by atoms with van der Waals surface area (Å²) in [7, 11) is 0. The molecule has 2 aromatic carbocycles. The first-order valence-corrected chi connectivity index (χ1v) is 12.4. The van der Waals surface area contributed by atoms with Crippen LogP contribution in [0.2, 0.25) is 0 Å². The minimum atomic E-state index is 0.820. The van der Waals surface area contributed by atoms with Crippen LogP contribution in [0.5, 0.6) is 11.5 Å². The monoisotopic (exact) mass is 469 g/mol. The van der Waals surface area contributed by atoms with Gasteiger partial charge in [0.15, 0.2) is 0 Å². The van der Waals surface area contributed by atoms with Crippen molar-refractivity contribution in [2.24, 2.45) is 0 Å². The summed E-state index contributed by atoms with van der Waals surface area (Å²) in [6.45, 7) is 0. The number of aromatic nitrogens is 3. The maximum atomic E-state index is 6.17. The average molecular weight is 470 g/mol. The summed E-state index contributed by atoms with van der Waals surface area (Å²) in [6, 6.07) is 26.3. The number of ether oxygens (including phenoxy) is 1. The first-order valence-electron chi connectivity index (χ1n) is 9.94. The Balaban J connectivity index is 1.40. The zero-order chi connectivity index (χ0) is 21.3. The lowest BCUT2D eigenvalue weighted by Gasteiger charge is -2.10. The van der Waals surface area contributed by atoms with Gasteiger partial charge in [-0.3, -0.25) is 4.98 Å². The van der Waals surface area contributed by atoms with Gasteiger partial charge in [0.25, 0.3) is 0 Å². The van der Waals surface area contributed by atoms with Crippen LogP contribution in [-0.2, 0) is 0 Å². The maximum absolute atomic E-state index is 6.17. The fourth-order valence-electron chi connectivity index (χ4n) is 3.55. The van der Waals surface area contributed by atoms with Crippen LogP contribution in [0, 0.1) is 0 Å². The van der Waals surface area contributed by atoms with Gasteiger partial charge in [0, 0.05) is 27.1 Å². The highest BCUT2D eigenvalue weighted by Gasteiger charge is 2.17. The van der Waals surface area contributed by atoms with Gasteiger partial charge in [-0.1, -0.05) is 36.4 Å².